The molecule has 3 heteroatoms. The van der Waals surface area contributed by atoms with E-state index in [0.29, 0.717) is 0 Å². The largest absolute Gasteiger partial charge is 0.319 e. The summed E-state index contributed by atoms with van der Waals surface area (Å²) in [5, 5.41) is 3.07. The number of likely N-dealkylation sites (tertiary alicyclic amines) is 2. The lowest BCUT2D eigenvalue weighted by Gasteiger charge is -2.31. The highest BCUT2D eigenvalue weighted by Crippen LogP contribution is 2.18. The molecule has 3 atom stereocenters. The van der Waals surface area contributed by atoms with Gasteiger partial charge in [-0.3, -0.25) is 0 Å². The molecule has 192 valence electrons. The zero-order chi connectivity index (χ0) is 25.8. The zero-order valence-corrected chi connectivity index (χ0v) is 24.5. The fraction of sp³-hybridized carbons (Fsp3) is 0.929. The first-order valence-electron chi connectivity index (χ1n) is 13.1. The molecule has 2 fully saturated rings. The Morgan fingerprint density at radius 3 is 1.35 bits per heavy atom. The van der Waals surface area contributed by atoms with Gasteiger partial charge in [0, 0.05) is 19.6 Å². The van der Waals surface area contributed by atoms with Crippen molar-refractivity contribution in [1.82, 2.24) is 15.1 Å². The van der Waals surface area contributed by atoms with E-state index in [0.717, 1.165) is 30.2 Å². The van der Waals surface area contributed by atoms with Crippen LogP contribution in [0, 0.1) is 36.5 Å². The Morgan fingerprint density at radius 2 is 1.16 bits per heavy atom. The standard InChI is InChI=1S/C8H17N.C7H15N.C5H13N.3C2H6.C2H2/c1-7-4-8(2)6-9(3)5-7;1-7-4-3-5-8(2)6-7;1-5(2)4-6-3;4*1-2/h7-8H,4-6H2,1-3H3;7H,3-6H2,1-2H3;5-6H,4H2,1-3H3;3*1-2H3;1-2H/t7-,8+;7-;;;;;/m.0...../s1. The third kappa shape index (κ3) is 37.1. The number of rotatable bonds is 2. The highest BCUT2D eigenvalue weighted by molar-refractivity contribution is 4.71. The number of hydrogen-bond acceptors (Lipinski definition) is 3. The summed E-state index contributed by atoms with van der Waals surface area (Å²) in [6.45, 7) is 29.7. The summed E-state index contributed by atoms with van der Waals surface area (Å²) < 4.78 is 0. The molecule has 1 N–H and O–H groups in total. The van der Waals surface area contributed by atoms with Gasteiger partial charge in [-0.05, 0) is 77.2 Å². The lowest BCUT2D eigenvalue weighted by atomic mass is 9.92. The third-order valence-corrected chi connectivity index (χ3v) is 4.52. The van der Waals surface area contributed by atoms with Crippen molar-refractivity contribution >= 4 is 0 Å². The first-order valence-corrected chi connectivity index (χ1v) is 13.1. The molecule has 0 unspecified atom stereocenters. The van der Waals surface area contributed by atoms with Crippen molar-refractivity contribution in [3.8, 4) is 12.8 Å². The van der Waals surface area contributed by atoms with Gasteiger partial charge in [-0.15, -0.1) is 12.8 Å². The van der Waals surface area contributed by atoms with Gasteiger partial charge in [0.1, 0.15) is 0 Å². The van der Waals surface area contributed by atoms with E-state index in [1.165, 1.54) is 45.4 Å². The van der Waals surface area contributed by atoms with E-state index in [-0.39, 0.29) is 0 Å². The first kappa shape index (κ1) is 40.8. The molecule has 0 amide bonds. The van der Waals surface area contributed by atoms with Crippen LogP contribution in [0.15, 0.2) is 0 Å². The fourth-order valence-corrected chi connectivity index (χ4v) is 3.81. The zero-order valence-electron chi connectivity index (χ0n) is 24.5. The maximum absolute atomic E-state index is 4.00. The van der Waals surface area contributed by atoms with Gasteiger partial charge in [0.25, 0.3) is 0 Å². The molecule has 0 aromatic carbocycles. The fourth-order valence-electron chi connectivity index (χ4n) is 3.81. The Morgan fingerprint density at radius 1 is 0.774 bits per heavy atom. The minimum atomic E-state index is 0.787. The van der Waals surface area contributed by atoms with Crippen LogP contribution in [0.4, 0.5) is 0 Å². The summed E-state index contributed by atoms with van der Waals surface area (Å²) >= 11 is 0. The normalized spacial score (nSPS) is 22.4. The summed E-state index contributed by atoms with van der Waals surface area (Å²) in [5.41, 5.74) is 0. The molecule has 2 aliphatic heterocycles. The molecular formula is C28H65N3. The maximum atomic E-state index is 4.00. The Balaban J connectivity index is -0.0000000949. The number of nitrogens with zero attached hydrogens (tertiary/aromatic N) is 2. The second kappa shape index (κ2) is 34.1. The Kier molecular flexibility index (Phi) is 44.8. The van der Waals surface area contributed by atoms with Crippen LogP contribution in [0.2, 0.25) is 0 Å². The summed E-state index contributed by atoms with van der Waals surface area (Å²) in [6.07, 6.45) is 12.3. The highest BCUT2D eigenvalue weighted by Gasteiger charge is 2.18. The van der Waals surface area contributed by atoms with Crippen LogP contribution in [0.25, 0.3) is 0 Å². The van der Waals surface area contributed by atoms with Gasteiger partial charge in [0.15, 0.2) is 0 Å². The molecule has 2 aliphatic rings. The monoisotopic (exact) mass is 444 g/mol. The average Bonchev–Trinajstić information content (AvgIpc) is 2.74. The SMILES string of the molecule is C#C.CC.CC.CC.CNCC(C)C.C[C@@H]1C[C@H](C)CN(C)C1.C[C@H]1CCCN(C)C1. The number of nitrogens with one attached hydrogen (secondary N) is 1. The summed E-state index contributed by atoms with van der Waals surface area (Å²) in [7, 11) is 6.39. The molecule has 0 bridgehead atoms. The third-order valence-electron chi connectivity index (χ3n) is 4.52. The number of terminal acetylenes is 1. The topological polar surface area (TPSA) is 18.5 Å². The minimum absolute atomic E-state index is 0.787. The second-order valence-electron chi connectivity index (χ2n) is 8.63. The lowest BCUT2D eigenvalue weighted by Crippen LogP contribution is -2.35. The van der Waals surface area contributed by atoms with Crippen LogP contribution in [0.3, 0.4) is 0 Å². The van der Waals surface area contributed by atoms with E-state index in [1.807, 2.05) is 48.6 Å². The van der Waals surface area contributed by atoms with Gasteiger partial charge in [-0.25, -0.2) is 0 Å². The molecule has 0 aromatic rings. The molecule has 3 nitrogen and oxygen atoms in total. The van der Waals surface area contributed by atoms with E-state index in [9.17, 15) is 0 Å². The van der Waals surface area contributed by atoms with Gasteiger partial charge in [0.2, 0.25) is 0 Å². The van der Waals surface area contributed by atoms with Gasteiger partial charge in [-0.1, -0.05) is 76.2 Å². The van der Waals surface area contributed by atoms with E-state index in [4.69, 9.17) is 0 Å². The number of piperidine rings is 2. The van der Waals surface area contributed by atoms with Crippen molar-refractivity contribution in [3.05, 3.63) is 0 Å². The highest BCUT2D eigenvalue weighted by atomic mass is 15.1. The van der Waals surface area contributed by atoms with Crippen molar-refractivity contribution in [2.24, 2.45) is 23.7 Å². The molecule has 0 radical (unpaired) electrons. The first-order chi connectivity index (χ1) is 14.7. The minimum Gasteiger partial charge on any atom is -0.319 e. The van der Waals surface area contributed by atoms with Crippen molar-refractivity contribution in [3.63, 3.8) is 0 Å². The smallest absolute Gasteiger partial charge is 0.000419 e. The van der Waals surface area contributed by atoms with Crippen LogP contribution in [-0.4, -0.2) is 63.7 Å². The lowest BCUT2D eigenvalue weighted by molar-refractivity contribution is 0.171. The molecular weight excluding hydrogens is 378 g/mol. The maximum Gasteiger partial charge on any atom is 0.000419 e. The second-order valence-corrected chi connectivity index (χ2v) is 8.63. The van der Waals surface area contributed by atoms with Gasteiger partial charge in [0.05, 0.1) is 0 Å². The number of hydrogen-bond donors (Lipinski definition) is 1. The molecule has 0 saturated carbocycles. The van der Waals surface area contributed by atoms with Crippen LogP contribution < -0.4 is 5.32 Å². The Hall–Kier alpha value is -0.560. The predicted molar refractivity (Wildman–Crippen MR) is 149 cm³/mol. The van der Waals surface area contributed by atoms with Gasteiger partial charge >= 0.3 is 0 Å². The Labute approximate surface area is 201 Å². The summed E-state index contributed by atoms with van der Waals surface area (Å²) in [4.78, 5) is 4.84. The van der Waals surface area contributed by atoms with E-state index in [2.05, 4.69) is 76.7 Å². The summed E-state index contributed by atoms with van der Waals surface area (Å²) in [6, 6.07) is 0. The van der Waals surface area contributed by atoms with E-state index in [1.54, 1.807) is 0 Å². The average molecular weight is 444 g/mol. The molecule has 0 aromatic heterocycles. The molecule has 0 spiro atoms. The predicted octanol–water partition coefficient (Wildman–Crippen LogP) is 7.13. The van der Waals surface area contributed by atoms with Gasteiger partial charge < -0.3 is 15.1 Å². The van der Waals surface area contributed by atoms with Crippen molar-refractivity contribution in [1.29, 1.82) is 0 Å². The van der Waals surface area contributed by atoms with Crippen LogP contribution in [0.5, 0.6) is 0 Å². The molecule has 2 saturated heterocycles. The molecule has 2 rings (SSSR count). The van der Waals surface area contributed by atoms with Crippen molar-refractivity contribution < 1.29 is 0 Å². The quantitative estimate of drug-likeness (QED) is 0.458. The van der Waals surface area contributed by atoms with Crippen molar-refractivity contribution in [2.75, 3.05) is 53.9 Å². The van der Waals surface area contributed by atoms with E-state index >= 15 is 0 Å². The van der Waals surface area contributed by atoms with Crippen LogP contribution in [-0.2, 0) is 0 Å². The molecule has 31 heavy (non-hydrogen) atoms. The van der Waals surface area contributed by atoms with Crippen LogP contribution >= 0.6 is 0 Å². The van der Waals surface area contributed by atoms with E-state index < -0.39 is 0 Å². The molecule has 0 aliphatic carbocycles. The van der Waals surface area contributed by atoms with Gasteiger partial charge in [-0.2, -0.15) is 0 Å². The van der Waals surface area contributed by atoms with Crippen LogP contribution in [0.1, 0.15) is 95.4 Å². The molecule has 2 heterocycles. The van der Waals surface area contributed by atoms with Crippen molar-refractivity contribution in [2.45, 2.75) is 95.4 Å². The summed E-state index contributed by atoms with van der Waals surface area (Å²) in [5.74, 6) is 3.56. The Bertz CT molecular complexity index is 269.